The molecule has 21 heavy (non-hydrogen) atoms. The first-order chi connectivity index (χ1) is 10.00. The average molecular weight is 292 g/mol. The number of carbonyl (C=O) groups excluding carboxylic acids is 1. The highest BCUT2D eigenvalue weighted by molar-refractivity contribution is 5.76. The van der Waals surface area contributed by atoms with Gasteiger partial charge in [-0.05, 0) is 39.5 Å². The van der Waals surface area contributed by atoms with Gasteiger partial charge in [0, 0.05) is 18.5 Å². The van der Waals surface area contributed by atoms with Crippen molar-refractivity contribution in [2.24, 2.45) is 5.41 Å². The molecule has 1 spiro atoms. The molecule has 3 rings (SSSR count). The molecule has 1 aliphatic carbocycles. The van der Waals surface area contributed by atoms with Crippen LogP contribution >= 0.6 is 0 Å². The number of aromatic nitrogens is 3. The van der Waals surface area contributed by atoms with Gasteiger partial charge in [0.25, 0.3) is 0 Å². The molecular weight excluding hydrogens is 268 g/mol. The SMILES string of the molecule is Cc1nc(C)n(CC(=O)N2CCC[C@@]3(CCC[C@H]3O)C2)n1. The van der Waals surface area contributed by atoms with Crippen LogP contribution in [0.5, 0.6) is 0 Å². The van der Waals surface area contributed by atoms with Crippen LogP contribution in [0.3, 0.4) is 0 Å². The summed E-state index contributed by atoms with van der Waals surface area (Å²) in [6, 6.07) is 0. The van der Waals surface area contributed by atoms with E-state index in [-0.39, 0.29) is 24.0 Å². The van der Waals surface area contributed by atoms with E-state index in [1.54, 1.807) is 4.68 Å². The van der Waals surface area contributed by atoms with Gasteiger partial charge in [-0.25, -0.2) is 9.67 Å². The van der Waals surface area contributed by atoms with E-state index in [9.17, 15) is 9.90 Å². The van der Waals surface area contributed by atoms with Gasteiger partial charge < -0.3 is 10.0 Å². The molecule has 0 radical (unpaired) electrons. The Balaban J connectivity index is 1.69. The average Bonchev–Trinajstić information content (AvgIpc) is 2.94. The van der Waals surface area contributed by atoms with Crippen LogP contribution in [0.25, 0.3) is 0 Å². The molecule has 0 unspecified atom stereocenters. The quantitative estimate of drug-likeness (QED) is 0.884. The Labute approximate surface area is 125 Å². The number of aliphatic hydroxyl groups is 1. The van der Waals surface area contributed by atoms with Crippen LogP contribution in [0.4, 0.5) is 0 Å². The maximum atomic E-state index is 12.5. The third-order valence-corrected chi connectivity index (χ3v) is 5.07. The third-order valence-electron chi connectivity index (χ3n) is 5.07. The minimum absolute atomic E-state index is 0.0543. The van der Waals surface area contributed by atoms with Crippen molar-refractivity contribution in [2.45, 2.75) is 58.6 Å². The van der Waals surface area contributed by atoms with Crippen LogP contribution in [-0.4, -0.2) is 49.9 Å². The first kappa shape index (κ1) is 14.5. The zero-order chi connectivity index (χ0) is 15.0. The summed E-state index contributed by atoms with van der Waals surface area (Å²) < 4.78 is 1.67. The maximum absolute atomic E-state index is 12.5. The van der Waals surface area contributed by atoms with Crippen molar-refractivity contribution in [3.8, 4) is 0 Å². The number of aryl methyl sites for hydroxylation is 2. The lowest BCUT2D eigenvalue weighted by Gasteiger charge is -2.42. The standard InChI is InChI=1S/C15H24N4O2/c1-11-16-12(2)19(17-11)9-14(21)18-8-4-7-15(10-18)6-3-5-13(15)20/h13,20H,3-10H2,1-2H3/t13-,15+/m1/s1. The number of amides is 1. The van der Waals surface area contributed by atoms with Gasteiger partial charge in [0.15, 0.2) is 0 Å². The highest BCUT2D eigenvalue weighted by Gasteiger charge is 2.45. The van der Waals surface area contributed by atoms with Crippen LogP contribution in [0, 0.1) is 19.3 Å². The van der Waals surface area contributed by atoms with E-state index >= 15 is 0 Å². The number of likely N-dealkylation sites (tertiary alicyclic amines) is 1. The van der Waals surface area contributed by atoms with Crippen LogP contribution in [0.1, 0.15) is 43.8 Å². The molecule has 6 heteroatoms. The number of rotatable bonds is 2. The fourth-order valence-electron chi connectivity index (χ4n) is 3.91. The Hall–Kier alpha value is -1.43. The normalized spacial score (nSPS) is 29.3. The summed E-state index contributed by atoms with van der Waals surface area (Å²) in [5, 5.41) is 14.5. The lowest BCUT2D eigenvalue weighted by atomic mass is 9.76. The van der Waals surface area contributed by atoms with E-state index in [0.29, 0.717) is 12.4 Å². The largest absolute Gasteiger partial charge is 0.392 e. The van der Waals surface area contributed by atoms with Gasteiger partial charge in [-0.1, -0.05) is 6.42 Å². The fourth-order valence-corrected chi connectivity index (χ4v) is 3.91. The van der Waals surface area contributed by atoms with Crippen LogP contribution < -0.4 is 0 Å². The van der Waals surface area contributed by atoms with Gasteiger partial charge >= 0.3 is 0 Å². The second-order valence-corrected chi connectivity index (χ2v) is 6.55. The molecule has 1 amide bonds. The van der Waals surface area contributed by atoms with Crippen molar-refractivity contribution in [1.82, 2.24) is 19.7 Å². The Bertz CT molecular complexity index is 542. The van der Waals surface area contributed by atoms with Crippen molar-refractivity contribution in [3.63, 3.8) is 0 Å². The van der Waals surface area contributed by atoms with E-state index in [1.165, 1.54) is 0 Å². The lowest BCUT2D eigenvalue weighted by Crippen LogP contribution is -2.50. The first-order valence-electron chi connectivity index (χ1n) is 7.84. The summed E-state index contributed by atoms with van der Waals surface area (Å²) in [6.07, 6.45) is 4.77. The third kappa shape index (κ3) is 2.69. The fraction of sp³-hybridized carbons (Fsp3) is 0.800. The zero-order valence-corrected chi connectivity index (χ0v) is 12.9. The van der Waals surface area contributed by atoms with E-state index in [0.717, 1.165) is 44.5 Å². The molecule has 0 aromatic carbocycles. The molecular formula is C15H24N4O2. The number of aliphatic hydroxyl groups excluding tert-OH is 1. The second kappa shape index (κ2) is 5.40. The van der Waals surface area contributed by atoms with Crippen LogP contribution in [-0.2, 0) is 11.3 Å². The molecule has 1 saturated carbocycles. The minimum atomic E-state index is -0.247. The molecule has 2 atom stereocenters. The molecule has 116 valence electrons. The van der Waals surface area contributed by atoms with E-state index in [2.05, 4.69) is 10.1 Å². The van der Waals surface area contributed by atoms with E-state index in [4.69, 9.17) is 0 Å². The van der Waals surface area contributed by atoms with Crippen LogP contribution in [0.15, 0.2) is 0 Å². The number of carbonyl (C=O) groups is 1. The Morgan fingerprint density at radius 2 is 2.14 bits per heavy atom. The topological polar surface area (TPSA) is 71.2 Å². The lowest BCUT2D eigenvalue weighted by molar-refractivity contribution is -0.137. The predicted octanol–water partition coefficient (Wildman–Crippen LogP) is 1.05. The highest BCUT2D eigenvalue weighted by Crippen LogP contribution is 2.45. The van der Waals surface area contributed by atoms with Gasteiger partial charge in [0.05, 0.1) is 6.10 Å². The van der Waals surface area contributed by atoms with Gasteiger partial charge in [-0.3, -0.25) is 4.79 Å². The smallest absolute Gasteiger partial charge is 0.244 e. The first-order valence-corrected chi connectivity index (χ1v) is 7.84. The van der Waals surface area contributed by atoms with Crippen molar-refractivity contribution in [1.29, 1.82) is 0 Å². The summed E-state index contributed by atoms with van der Waals surface area (Å²) in [4.78, 5) is 18.7. The summed E-state index contributed by atoms with van der Waals surface area (Å²) in [5.41, 5.74) is -0.0543. The summed E-state index contributed by atoms with van der Waals surface area (Å²) in [7, 11) is 0. The molecule has 2 heterocycles. The number of nitrogens with zero attached hydrogens (tertiary/aromatic N) is 4. The highest BCUT2D eigenvalue weighted by atomic mass is 16.3. The number of hydrogen-bond acceptors (Lipinski definition) is 4. The van der Waals surface area contributed by atoms with Crippen molar-refractivity contribution >= 4 is 5.91 Å². The van der Waals surface area contributed by atoms with Gasteiger partial charge in [-0.15, -0.1) is 0 Å². The molecule has 6 nitrogen and oxygen atoms in total. The molecule has 2 fully saturated rings. The zero-order valence-electron chi connectivity index (χ0n) is 12.9. The Morgan fingerprint density at radius 3 is 2.76 bits per heavy atom. The summed E-state index contributed by atoms with van der Waals surface area (Å²) >= 11 is 0. The molecule has 1 aliphatic heterocycles. The molecule has 0 bridgehead atoms. The predicted molar refractivity (Wildman–Crippen MR) is 77.6 cm³/mol. The Morgan fingerprint density at radius 1 is 1.38 bits per heavy atom. The number of hydrogen-bond donors (Lipinski definition) is 1. The van der Waals surface area contributed by atoms with Crippen molar-refractivity contribution < 1.29 is 9.90 Å². The van der Waals surface area contributed by atoms with Crippen molar-refractivity contribution in [2.75, 3.05) is 13.1 Å². The van der Waals surface area contributed by atoms with Gasteiger partial charge in [-0.2, -0.15) is 5.10 Å². The van der Waals surface area contributed by atoms with E-state index in [1.807, 2.05) is 18.7 Å². The molecule has 2 aliphatic rings. The summed E-state index contributed by atoms with van der Waals surface area (Å²) in [5.74, 6) is 1.55. The van der Waals surface area contributed by atoms with E-state index < -0.39 is 0 Å². The molecule has 1 N–H and O–H groups in total. The van der Waals surface area contributed by atoms with Crippen molar-refractivity contribution in [3.05, 3.63) is 11.6 Å². The summed E-state index contributed by atoms with van der Waals surface area (Å²) in [6.45, 7) is 5.43. The molecule has 1 aromatic heterocycles. The maximum Gasteiger partial charge on any atom is 0.244 e. The van der Waals surface area contributed by atoms with Gasteiger partial charge in [0.1, 0.15) is 18.2 Å². The second-order valence-electron chi connectivity index (χ2n) is 6.55. The monoisotopic (exact) mass is 292 g/mol. The molecule has 1 aromatic rings. The van der Waals surface area contributed by atoms with Crippen LogP contribution in [0.2, 0.25) is 0 Å². The number of piperidine rings is 1. The molecule has 1 saturated heterocycles. The minimum Gasteiger partial charge on any atom is -0.392 e. The Kier molecular flexibility index (Phi) is 3.73. The van der Waals surface area contributed by atoms with Gasteiger partial charge in [0.2, 0.25) is 5.91 Å².